The van der Waals surface area contributed by atoms with Gasteiger partial charge < -0.3 is 10.5 Å². The zero-order valence-electron chi connectivity index (χ0n) is 13.7. The molecule has 2 fully saturated rings. The van der Waals surface area contributed by atoms with Crippen LogP contribution in [0.1, 0.15) is 56.9 Å². The van der Waals surface area contributed by atoms with Crippen molar-refractivity contribution in [2.24, 2.45) is 5.73 Å². The summed E-state index contributed by atoms with van der Waals surface area (Å²) in [4.78, 5) is 2.78. The van der Waals surface area contributed by atoms with Crippen molar-refractivity contribution in [3.05, 3.63) is 29.8 Å². The molecule has 122 valence electrons. The monoisotopic (exact) mass is 302 g/mol. The fraction of sp³-hybridized carbons (Fsp3) is 0.684. The summed E-state index contributed by atoms with van der Waals surface area (Å²) in [6, 6.07) is 8.80. The van der Waals surface area contributed by atoms with E-state index in [1.165, 1.54) is 70.0 Å². The Balaban J connectivity index is 1.87. The predicted octanol–water partition coefficient (Wildman–Crippen LogP) is 3.67. The molecule has 3 rings (SSSR count). The van der Waals surface area contributed by atoms with Gasteiger partial charge in [-0.25, -0.2) is 0 Å². The Morgan fingerprint density at radius 3 is 2.45 bits per heavy atom. The summed E-state index contributed by atoms with van der Waals surface area (Å²) in [6.45, 7) is 3.68. The fourth-order valence-corrected chi connectivity index (χ4v) is 4.30. The molecule has 3 nitrogen and oxygen atoms in total. The van der Waals surface area contributed by atoms with E-state index in [1.807, 2.05) is 0 Å². The van der Waals surface area contributed by atoms with Crippen molar-refractivity contribution in [3.8, 4) is 5.75 Å². The third-order valence-electron chi connectivity index (χ3n) is 5.40. The van der Waals surface area contributed by atoms with E-state index in [9.17, 15) is 0 Å². The van der Waals surface area contributed by atoms with Gasteiger partial charge in [-0.15, -0.1) is 0 Å². The Morgan fingerprint density at radius 2 is 1.73 bits per heavy atom. The molecule has 0 radical (unpaired) electrons. The second-order valence-electron chi connectivity index (χ2n) is 6.80. The number of likely N-dealkylation sites (tertiary alicyclic amines) is 1. The first kappa shape index (κ1) is 15.8. The summed E-state index contributed by atoms with van der Waals surface area (Å²) in [5, 5.41) is 0. The molecule has 0 amide bonds. The Bertz CT molecular complexity index is 462. The van der Waals surface area contributed by atoms with Crippen molar-refractivity contribution in [2.45, 2.75) is 56.9 Å². The number of ether oxygens (including phenoxy) is 1. The molecule has 1 saturated heterocycles. The first-order valence-corrected chi connectivity index (χ1v) is 9.04. The lowest BCUT2D eigenvalue weighted by molar-refractivity contribution is 0.0301. The van der Waals surface area contributed by atoms with Crippen LogP contribution in [0.25, 0.3) is 0 Å². The standard InChI is InChI=1S/C19H30N2O/c20-12-15-22-18-9-7-8-17(16-18)19(10-3-1-4-11-19)21-13-5-2-6-14-21/h7-9,16H,1-6,10-15,20H2. The van der Waals surface area contributed by atoms with Crippen molar-refractivity contribution >= 4 is 0 Å². The Hall–Kier alpha value is -1.06. The van der Waals surface area contributed by atoms with E-state index in [2.05, 4.69) is 29.2 Å². The van der Waals surface area contributed by atoms with Crippen molar-refractivity contribution in [3.63, 3.8) is 0 Å². The van der Waals surface area contributed by atoms with Crippen molar-refractivity contribution in [1.29, 1.82) is 0 Å². The van der Waals surface area contributed by atoms with E-state index in [4.69, 9.17) is 10.5 Å². The van der Waals surface area contributed by atoms with Gasteiger partial charge in [0.15, 0.2) is 0 Å². The molecule has 2 N–H and O–H groups in total. The van der Waals surface area contributed by atoms with Gasteiger partial charge in [-0.3, -0.25) is 4.90 Å². The highest BCUT2D eigenvalue weighted by molar-refractivity contribution is 5.34. The van der Waals surface area contributed by atoms with Crippen LogP contribution < -0.4 is 10.5 Å². The van der Waals surface area contributed by atoms with Gasteiger partial charge >= 0.3 is 0 Å². The Labute approximate surface area is 134 Å². The Morgan fingerprint density at radius 1 is 1.00 bits per heavy atom. The maximum absolute atomic E-state index is 5.78. The highest BCUT2D eigenvalue weighted by Gasteiger charge is 2.39. The van der Waals surface area contributed by atoms with Gasteiger partial charge in [0.2, 0.25) is 0 Å². The smallest absolute Gasteiger partial charge is 0.119 e. The second kappa shape index (κ2) is 7.47. The lowest BCUT2D eigenvalue weighted by atomic mass is 9.74. The van der Waals surface area contributed by atoms with E-state index in [0.29, 0.717) is 13.2 Å². The number of nitrogens with two attached hydrogens (primary N) is 1. The van der Waals surface area contributed by atoms with E-state index in [0.717, 1.165) is 5.75 Å². The number of piperidine rings is 1. The fourth-order valence-electron chi connectivity index (χ4n) is 4.30. The lowest BCUT2D eigenvalue weighted by Gasteiger charge is -2.48. The zero-order valence-corrected chi connectivity index (χ0v) is 13.7. The molecule has 0 spiro atoms. The predicted molar refractivity (Wildman–Crippen MR) is 91.2 cm³/mol. The number of hydrogen-bond donors (Lipinski definition) is 1. The van der Waals surface area contributed by atoms with Gasteiger partial charge in [0, 0.05) is 12.1 Å². The van der Waals surface area contributed by atoms with Gasteiger partial charge in [-0.1, -0.05) is 37.8 Å². The molecule has 1 aliphatic carbocycles. The highest BCUT2D eigenvalue weighted by atomic mass is 16.5. The van der Waals surface area contributed by atoms with Crippen LogP contribution >= 0.6 is 0 Å². The van der Waals surface area contributed by atoms with Crippen LogP contribution in [0.15, 0.2) is 24.3 Å². The summed E-state index contributed by atoms with van der Waals surface area (Å²) in [5.74, 6) is 0.977. The lowest BCUT2D eigenvalue weighted by Crippen LogP contribution is -2.49. The first-order chi connectivity index (χ1) is 10.8. The number of benzene rings is 1. The van der Waals surface area contributed by atoms with Crippen LogP contribution in [0, 0.1) is 0 Å². The van der Waals surface area contributed by atoms with Crippen LogP contribution in [0.3, 0.4) is 0 Å². The SMILES string of the molecule is NCCOc1cccc(C2(N3CCCCC3)CCCCC2)c1. The Kier molecular flexibility index (Phi) is 5.37. The van der Waals surface area contributed by atoms with Gasteiger partial charge in [0.25, 0.3) is 0 Å². The van der Waals surface area contributed by atoms with E-state index >= 15 is 0 Å². The first-order valence-electron chi connectivity index (χ1n) is 9.04. The molecule has 3 heteroatoms. The average Bonchev–Trinajstić information content (AvgIpc) is 2.61. The second-order valence-corrected chi connectivity index (χ2v) is 6.80. The molecule has 1 aromatic rings. The average molecular weight is 302 g/mol. The van der Waals surface area contributed by atoms with Crippen LogP contribution in [0.2, 0.25) is 0 Å². The van der Waals surface area contributed by atoms with Crippen LogP contribution in [-0.4, -0.2) is 31.1 Å². The van der Waals surface area contributed by atoms with Crippen molar-refractivity contribution in [1.82, 2.24) is 4.90 Å². The molecule has 0 aromatic heterocycles. The molecule has 1 aliphatic heterocycles. The summed E-state index contributed by atoms with van der Waals surface area (Å²) < 4.78 is 5.78. The van der Waals surface area contributed by atoms with Gasteiger partial charge in [0.05, 0.1) is 0 Å². The molecule has 0 unspecified atom stereocenters. The van der Waals surface area contributed by atoms with Crippen molar-refractivity contribution < 1.29 is 4.74 Å². The summed E-state index contributed by atoms with van der Waals surface area (Å²) >= 11 is 0. The highest BCUT2D eigenvalue weighted by Crippen LogP contribution is 2.44. The molecule has 0 atom stereocenters. The molecule has 1 saturated carbocycles. The maximum Gasteiger partial charge on any atom is 0.119 e. The van der Waals surface area contributed by atoms with Gasteiger partial charge in [-0.05, 0) is 56.5 Å². The third kappa shape index (κ3) is 3.31. The van der Waals surface area contributed by atoms with Crippen LogP contribution in [-0.2, 0) is 5.54 Å². The van der Waals surface area contributed by atoms with Gasteiger partial charge in [-0.2, -0.15) is 0 Å². The molecule has 1 aromatic carbocycles. The summed E-state index contributed by atoms with van der Waals surface area (Å²) in [6.07, 6.45) is 10.8. The normalized spacial score (nSPS) is 22.4. The number of nitrogens with zero attached hydrogens (tertiary/aromatic N) is 1. The minimum atomic E-state index is 0.251. The minimum Gasteiger partial charge on any atom is -0.492 e. The molecule has 22 heavy (non-hydrogen) atoms. The maximum atomic E-state index is 5.78. The quantitative estimate of drug-likeness (QED) is 0.902. The molecule has 2 aliphatic rings. The van der Waals surface area contributed by atoms with E-state index in [1.54, 1.807) is 0 Å². The zero-order chi connectivity index (χ0) is 15.3. The molecular formula is C19H30N2O. The van der Waals surface area contributed by atoms with Crippen molar-refractivity contribution in [2.75, 3.05) is 26.2 Å². The largest absolute Gasteiger partial charge is 0.492 e. The van der Waals surface area contributed by atoms with Crippen LogP contribution in [0.5, 0.6) is 5.75 Å². The number of hydrogen-bond acceptors (Lipinski definition) is 3. The summed E-state index contributed by atoms with van der Waals surface area (Å²) in [7, 11) is 0. The minimum absolute atomic E-state index is 0.251. The number of rotatable bonds is 5. The van der Waals surface area contributed by atoms with Crippen LogP contribution in [0.4, 0.5) is 0 Å². The topological polar surface area (TPSA) is 38.5 Å². The van der Waals surface area contributed by atoms with E-state index in [-0.39, 0.29) is 5.54 Å². The van der Waals surface area contributed by atoms with Gasteiger partial charge in [0.1, 0.15) is 12.4 Å². The van der Waals surface area contributed by atoms with E-state index < -0.39 is 0 Å². The molecular weight excluding hydrogens is 272 g/mol. The third-order valence-corrected chi connectivity index (χ3v) is 5.40. The summed E-state index contributed by atoms with van der Waals surface area (Å²) in [5.41, 5.74) is 7.28. The molecule has 0 bridgehead atoms. The molecule has 1 heterocycles.